The van der Waals surface area contributed by atoms with Crippen LogP contribution in [0.4, 0.5) is 13.2 Å². The Morgan fingerprint density at radius 3 is 2.19 bits per heavy atom. The van der Waals surface area contributed by atoms with Gasteiger partial charge in [-0.2, -0.15) is 13.2 Å². The molecule has 0 radical (unpaired) electrons. The number of alkyl halides is 3. The van der Waals surface area contributed by atoms with Gasteiger partial charge in [-0.1, -0.05) is 35.9 Å². The lowest BCUT2D eigenvalue weighted by Crippen LogP contribution is -2.10. The second kappa shape index (κ2) is 6.18. The number of halogens is 3. The number of ether oxygens (including phenoxy) is 1. The van der Waals surface area contributed by atoms with E-state index in [9.17, 15) is 13.2 Å². The third kappa shape index (κ3) is 3.98. The summed E-state index contributed by atoms with van der Waals surface area (Å²) >= 11 is 0. The predicted octanol–water partition coefficient (Wildman–Crippen LogP) is 4.05. The first-order valence-corrected chi connectivity index (χ1v) is 6.48. The first-order chi connectivity index (χ1) is 9.90. The van der Waals surface area contributed by atoms with Crippen molar-refractivity contribution in [1.82, 2.24) is 0 Å². The van der Waals surface area contributed by atoms with Crippen LogP contribution < -0.4 is 10.5 Å². The van der Waals surface area contributed by atoms with Gasteiger partial charge in [-0.3, -0.25) is 0 Å². The van der Waals surface area contributed by atoms with Crippen LogP contribution in [0, 0.1) is 6.92 Å². The van der Waals surface area contributed by atoms with E-state index in [-0.39, 0.29) is 18.9 Å². The zero-order valence-corrected chi connectivity index (χ0v) is 11.6. The van der Waals surface area contributed by atoms with Crippen molar-refractivity contribution in [2.75, 3.05) is 0 Å². The number of nitrogens with two attached hydrogens (primary N) is 1. The van der Waals surface area contributed by atoms with E-state index < -0.39 is 11.7 Å². The molecule has 0 bridgehead atoms. The Hall–Kier alpha value is -2.01. The summed E-state index contributed by atoms with van der Waals surface area (Å²) in [6.45, 7) is 2.09. The van der Waals surface area contributed by atoms with Crippen molar-refractivity contribution >= 4 is 0 Å². The van der Waals surface area contributed by atoms with E-state index >= 15 is 0 Å². The standard InChI is InChI=1S/C16H16F3NO/c1-11-2-4-12(5-3-11)10-21-15-7-6-13(9-20)8-14(15)16(17,18)19/h2-8H,9-10,20H2,1H3. The molecule has 2 aromatic carbocycles. The maximum absolute atomic E-state index is 13.0. The molecule has 21 heavy (non-hydrogen) atoms. The van der Waals surface area contributed by atoms with Crippen LogP contribution in [-0.4, -0.2) is 0 Å². The molecule has 0 aliphatic rings. The summed E-state index contributed by atoms with van der Waals surface area (Å²) in [4.78, 5) is 0. The van der Waals surface area contributed by atoms with Gasteiger partial charge in [0.15, 0.2) is 0 Å². The monoisotopic (exact) mass is 295 g/mol. The van der Waals surface area contributed by atoms with Crippen molar-refractivity contribution in [2.45, 2.75) is 26.3 Å². The summed E-state index contributed by atoms with van der Waals surface area (Å²) in [5, 5.41) is 0. The van der Waals surface area contributed by atoms with Gasteiger partial charge in [-0.05, 0) is 30.2 Å². The van der Waals surface area contributed by atoms with Crippen molar-refractivity contribution < 1.29 is 17.9 Å². The van der Waals surface area contributed by atoms with Crippen LogP contribution in [0.1, 0.15) is 22.3 Å². The zero-order valence-electron chi connectivity index (χ0n) is 11.6. The van der Waals surface area contributed by atoms with Crippen LogP contribution in [-0.2, 0) is 19.3 Å². The van der Waals surface area contributed by atoms with Gasteiger partial charge in [0.05, 0.1) is 5.56 Å². The van der Waals surface area contributed by atoms with Crippen LogP contribution >= 0.6 is 0 Å². The second-order valence-electron chi connectivity index (χ2n) is 4.81. The summed E-state index contributed by atoms with van der Waals surface area (Å²) in [6.07, 6.45) is -4.46. The largest absolute Gasteiger partial charge is 0.488 e. The fraction of sp³-hybridized carbons (Fsp3) is 0.250. The maximum Gasteiger partial charge on any atom is 0.419 e. The Morgan fingerprint density at radius 2 is 1.62 bits per heavy atom. The average Bonchev–Trinajstić information content (AvgIpc) is 2.45. The number of hydrogen-bond donors (Lipinski definition) is 1. The van der Waals surface area contributed by atoms with Crippen LogP contribution in [0.15, 0.2) is 42.5 Å². The van der Waals surface area contributed by atoms with Gasteiger partial charge in [0.2, 0.25) is 0 Å². The molecule has 112 valence electrons. The molecule has 0 spiro atoms. The summed E-state index contributed by atoms with van der Waals surface area (Å²) in [6, 6.07) is 11.3. The molecule has 0 aliphatic heterocycles. The molecule has 0 atom stereocenters. The van der Waals surface area contributed by atoms with Gasteiger partial charge in [-0.25, -0.2) is 0 Å². The van der Waals surface area contributed by atoms with Gasteiger partial charge in [0, 0.05) is 6.54 Å². The molecule has 0 saturated heterocycles. The third-order valence-electron chi connectivity index (χ3n) is 3.10. The lowest BCUT2D eigenvalue weighted by molar-refractivity contribution is -0.139. The Bertz CT molecular complexity index is 606. The van der Waals surface area contributed by atoms with E-state index in [1.165, 1.54) is 6.07 Å². The molecule has 0 unspecified atom stereocenters. The van der Waals surface area contributed by atoms with Gasteiger partial charge in [0.1, 0.15) is 12.4 Å². The highest BCUT2D eigenvalue weighted by atomic mass is 19.4. The molecule has 2 N–H and O–H groups in total. The molecule has 0 aliphatic carbocycles. The van der Waals surface area contributed by atoms with Crippen molar-refractivity contribution in [3.05, 3.63) is 64.7 Å². The Kier molecular flexibility index (Phi) is 4.53. The summed E-state index contributed by atoms with van der Waals surface area (Å²) < 4.78 is 44.4. The zero-order chi connectivity index (χ0) is 15.5. The van der Waals surface area contributed by atoms with Crippen LogP contribution in [0.2, 0.25) is 0 Å². The fourth-order valence-corrected chi connectivity index (χ4v) is 1.90. The summed E-state index contributed by atoms with van der Waals surface area (Å²) in [5.74, 6) is -0.180. The van der Waals surface area contributed by atoms with Gasteiger partial charge >= 0.3 is 6.18 Å². The van der Waals surface area contributed by atoms with E-state index in [0.717, 1.165) is 17.2 Å². The predicted molar refractivity (Wildman–Crippen MR) is 74.8 cm³/mol. The normalized spacial score (nSPS) is 11.5. The van der Waals surface area contributed by atoms with Crippen molar-refractivity contribution in [3.63, 3.8) is 0 Å². The van der Waals surface area contributed by atoms with Crippen molar-refractivity contribution in [2.24, 2.45) is 5.73 Å². The molecule has 0 saturated carbocycles. The molecule has 0 heterocycles. The summed E-state index contributed by atoms with van der Waals surface area (Å²) in [7, 11) is 0. The summed E-state index contributed by atoms with van der Waals surface area (Å²) in [5.41, 5.74) is 6.91. The quantitative estimate of drug-likeness (QED) is 0.923. The fourth-order valence-electron chi connectivity index (χ4n) is 1.90. The van der Waals surface area contributed by atoms with E-state index in [0.29, 0.717) is 5.56 Å². The molecular formula is C16H16F3NO. The van der Waals surface area contributed by atoms with Crippen molar-refractivity contribution in [3.8, 4) is 5.75 Å². The van der Waals surface area contributed by atoms with Crippen LogP contribution in [0.25, 0.3) is 0 Å². The SMILES string of the molecule is Cc1ccc(COc2ccc(CN)cc2C(F)(F)F)cc1. The lowest BCUT2D eigenvalue weighted by Gasteiger charge is -2.15. The first-order valence-electron chi connectivity index (χ1n) is 6.48. The van der Waals surface area contributed by atoms with Gasteiger partial charge in [-0.15, -0.1) is 0 Å². The number of rotatable bonds is 4. The van der Waals surface area contributed by atoms with E-state index in [2.05, 4.69) is 0 Å². The minimum atomic E-state index is -4.46. The Labute approximate surface area is 121 Å². The molecule has 0 fully saturated rings. The van der Waals surface area contributed by atoms with Crippen LogP contribution in [0.3, 0.4) is 0 Å². The highest BCUT2D eigenvalue weighted by Gasteiger charge is 2.34. The molecule has 2 nitrogen and oxygen atoms in total. The highest BCUT2D eigenvalue weighted by Crippen LogP contribution is 2.37. The lowest BCUT2D eigenvalue weighted by atomic mass is 10.1. The maximum atomic E-state index is 13.0. The molecule has 2 aromatic rings. The van der Waals surface area contributed by atoms with Gasteiger partial charge in [0.25, 0.3) is 0 Å². The smallest absolute Gasteiger partial charge is 0.419 e. The topological polar surface area (TPSA) is 35.2 Å². The Balaban J connectivity index is 2.21. The first kappa shape index (κ1) is 15.4. The molecule has 5 heteroatoms. The second-order valence-corrected chi connectivity index (χ2v) is 4.81. The minimum Gasteiger partial charge on any atom is -0.488 e. The molecular weight excluding hydrogens is 279 g/mol. The van der Waals surface area contributed by atoms with E-state index in [4.69, 9.17) is 10.5 Å². The van der Waals surface area contributed by atoms with Gasteiger partial charge < -0.3 is 10.5 Å². The third-order valence-corrected chi connectivity index (χ3v) is 3.10. The molecule has 0 aromatic heterocycles. The Morgan fingerprint density at radius 1 is 1.00 bits per heavy atom. The van der Waals surface area contributed by atoms with E-state index in [1.807, 2.05) is 31.2 Å². The average molecular weight is 295 g/mol. The van der Waals surface area contributed by atoms with E-state index in [1.54, 1.807) is 6.07 Å². The number of benzene rings is 2. The number of aryl methyl sites for hydroxylation is 1. The highest BCUT2D eigenvalue weighted by molar-refractivity contribution is 5.39. The molecule has 2 rings (SSSR count). The van der Waals surface area contributed by atoms with Crippen molar-refractivity contribution in [1.29, 1.82) is 0 Å². The van der Waals surface area contributed by atoms with Crippen LogP contribution in [0.5, 0.6) is 5.75 Å². The molecule has 0 amide bonds. The number of hydrogen-bond acceptors (Lipinski definition) is 2. The minimum absolute atomic E-state index is 0.0569.